The van der Waals surface area contributed by atoms with Gasteiger partial charge in [-0.2, -0.15) is 5.10 Å². The summed E-state index contributed by atoms with van der Waals surface area (Å²) in [6.45, 7) is 2.62. The summed E-state index contributed by atoms with van der Waals surface area (Å²) in [6, 6.07) is 6.07. The van der Waals surface area contributed by atoms with Crippen LogP contribution >= 0.6 is 0 Å². The van der Waals surface area contributed by atoms with Gasteiger partial charge < -0.3 is 10.6 Å². The number of anilines is 1. The van der Waals surface area contributed by atoms with Gasteiger partial charge in [0.2, 0.25) is 0 Å². The molecule has 1 aromatic carbocycles. The average Bonchev–Trinajstić information content (AvgIpc) is 3.00. The summed E-state index contributed by atoms with van der Waals surface area (Å²) in [5.41, 5.74) is 0.723. The standard InChI is InChI=1S/C15H17FN4O2/c1-11-4-5-12(10-13(11)16)19-15(22)14(21)17-6-2-8-20-9-3-7-18-20/h3-5,7,9-10H,2,6,8H2,1H3,(H,17,21)(H,19,22). The number of nitrogens with one attached hydrogen (secondary N) is 2. The Morgan fingerprint density at radius 3 is 2.82 bits per heavy atom. The summed E-state index contributed by atoms with van der Waals surface area (Å²) < 4.78 is 15.1. The zero-order valence-electron chi connectivity index (χ0n) is 12.2. The highest BCUT2D eigenvalue weighted by atomic mass is 19.1. The van der Waals surface area contributed by atoms with Crippen LogP contribution in [0.5, 0.6) is 0 Å². The number of hydrogen-bond acceptors (Lipinski definition) is 3. The van der Waals surface area contributed by atoms with Gasteiger partial charge in [-0.05, 0) is 37.1 Å². The lowest BCUT2D eigenvalue weighted by molar-refractivity contribution is -0.136. The molecule has 0 fully saturated rings. The molecule has 0 atom stereocenters. The molecule has 6 nitrogen and oxygen atoms in total. The van der Waals surface area contributed by atoms with Gasteiger partial charge in [0.15, 0.2) is 0 Å². The topological polar surface area (TPSA) is 76.0 Å². The summed E-state index contributed by atoms with van der Waals surface area (Å²) in [6.07, 6.45) is 4.15. The number of aryl methyl sites for hydroxylation is 2. The first-order chi connectivity index (χ1) is 10.6. The second kappa shape index (κ2) is 7.35. The largest absolute Gasteiger partial charge is 0.348 e. The normalized spacial score (nSPS) is 10.3. The first kappa shape index (κ1) is 15.7. The molecule has 0 radical (unpaired) electrons. The third-order valence-electron chi connectivity index (χ3n) is 3.04. The van der Waals surface area contributed by atoms with Gasteiger partial charge in [0.25, 0.3) is 0 Å². The molecule has 2 N–H and O–H groups in total. The van der Waals surface area contributed by atoms with Crippen molar-refractivity contribution in [1.29, 1.82) is 0 Å². The Kier molecular flexibility index (Phi) is 5.24. The summed E-state index contributed by atoms with van der Waals surface area (Å²) in [5, 5.41) is 8.89. The summed E-state index contributed by atoms with van der Waals surface area (Å²) in [7, 11) is 0. The molecular weight excluding hydrogens is 287 g/mol. The van der Waals surface area contributed by atoms with E-state index in [1.54, 1.807) is 23.9 Å². The minimum Gasteiger partial charge on any atom is -0.348 e. The maximum atomic E-state index is 13.4. The molecular formula is C15H17FN4O2. The van der Waals surface area contributed by atoms with Crippen LogP contribution in [-0.2, 0) is 16.1 Å². The van der Waals surface area contributed by atoms with Gasteiger partial charge in [0.1, 0.15) is 5.82 Å². The third-order valence-corrected chi connectivity index (χ3v) is 3.04. The summed E-state index contributed by atoms with van der Waals surface area (Å²) in [4.78, 5) is 23.3. The molecule has 1 aromatic heterocycles. The van der Waals surface area contributed by atoms with Crippen molar-refractivity contribution < 1.29 is 14.0 Å². The molecule has 0 bridgehead atoms. The monoisotopic (exact) mass is 304 g/mol. The van der Waals surface area contributed by atoms with Crippen LogP contribution in [-0.4, -0.2) is 28.1 Å². The van der Waals surface area contributed by atoms with Crippen molar-refractivity contribution in [1.82, 2.24) is 15.1 Å². The van der Waals surface area contributed by atoms with Crippen LogP contribution < -0.4 is 10.6 Å². The molecule has 0 unspecified atom stereocenters. The van der Waals surface area contributed by atoms with Crippen molar-refractivity contribution in [3.05, 3.63) is 48.0 Å². The van der Waals surface area contributed by atoms with Crippen LogP contribution in [0.15, 0.2) is 36.7 Å². The lowest BCUT2D eigenvalue weighted by Crippen LogP contribution is -2.36. The number of carbonyl (C=O) groups excluding carboxylic acids is 2. The van der Waals surface area contributed by atoms with Gasteiger partial charge in [-0.15, -0.1) is 0 Å². The van der Waals surface area contributed by atoms with Crippen molar-refractivity contribution in [2.45, 2.75) is 19.9 Å². The molecule has 0 aliphatic heterocycles. The predicted molar refractivity (Wildman–Crippen MR) is 79.6 cm³/mol. The van der Waals surface area contributed by atoms with Crippen molar-refractivity contribution in [3.63, 3.8) is 0 Å². The smallest absolute Gasteiger partial charge is 0.313 e. The molecule has 2 amide bonds. The van der Waals surface area contributed by atoms with Gasteiger partial charge in [-0.25, -0.2) is 4.39 Å². The Balaban J connectivity index is 1.74. The number of benzene rings is 1. The number of nitrogens with zero attached hydrogens (tertiary/aromatic N) is 2. The molecule has 0 aliphatic rings. The summed E-state index contributed by atoms with van der Waals surface area (Å²) in [5.74, 6) is -2.00. The quantitative estimate of drug-likeness (QED) is 0.649. The first-order valence-electron chi connectivity index (χ1n) is 6.89. The fourth-order valence-corrected chi connectivity index (χ4v) is 1.81. The Morgan fingerprint density at radius 1 is 1.32 bits per heavy atom. The van der Waals surface area contributed by atoms with E-state index < -0.39 is 17.6 Å². The van der Waals surface area contributed by atoms with E-state index in [0.717, 1.165) is 0 Å². The third kappa shape index (κ3) is 4.41. The van der Waals surface area contributed by atoms with Crippen LogP contribution in [0.3, 0.4) is 0 Å². The van der Waals surface area contributed by atoms with Crippen LogP contribution in [0.25, 0.3) is 0 Å². The van der Waals surface area contributed by atoms with E-state index in [1.807, 2.05) is 12.3 Å². The Morgan fingerprint density at radius 2 is 2.14 bits per heavy atom. The van der Waals surface area contributed by atoms with Crippen LogP contribution in [0.2, 0.25) is 0 Å². The Hall–Kier alpha value is -2.70. The van der Waals surface area contributed by atoms with Gasteiger partial charge in [0, 0.05) is 31.2 Å². The molecule has 2 rings (SSSR count). The number of amides is 2. The van der Waals surface area contributed by atoms with Crippen LogP contribution in [0, 0.1) is 12.7 Å². The average molecular weight is 304 g/mol. The van der Waals surface area contributed by atoms with Gasteiger partial charge in [0.05, 0.1) is 0 Å². The molecule has 0 spiro atoms. The maximum Gasteiger partial charge on any atom is 0.313 e. The lowest BCUT2D eigenvalue weighted by atomic mass is 10.2. The minimum absolute atomic E-state index is 0.250. The van der Waals surface area contributed by atoms with E-state index in [9.17, 15) is 14.0 Å². The molecule has 0 saturated heterocycles. The fraction of sp³-hybridized carbons (Fsp3) is 0.267. The fourth-order valence-electron chi connectivity index (χ4n) is 1.81. The van der Waals surface area contributed by atoms with Crippen LogP contribution in [0.1, 0.15) is 12.0 Å². The van der Waals surface area contributed by atoms with E-state index in [0.29, 0.717) is 25.1 Å². The van der Waals surface area contributed by atoms with Crippen molar-refractivity contribution >= 4 is 17.5 Å². The maximum absolute atomic E-state index is 13.4. The molecule has 116 valence electrons. The number of aromatic nitrogens is 2. The van der Waals surface area contributed by atoms with Gasteiger partial charge >= 0.3 is 11.8 Å². The minimum atomic E-state index is -0.817. The van der Waals surface area contributed by atoms with Gasteiger partial charge in [-0.1, -0.05) is 6.07 Å². The highest BCUT2D eigenvalue weighted by molar-refractivity contribution is 6.39. The van der Waals surface area contributed by atoms with Crippen molar-refractivity contribution in [2.75, 3.05) is 11.9 Å². The number of carbonyl (C=O) groups is 2. The lowest BCUT2D eigenvalue weighted by Gasteiger charge is -2.07. The molecule has 1 heterocycles. The van der Waals surface area contributed by atoms with Crippen LogP contribution in [0.4, 0.5) is 10.1 Å². The highest BCUT2D eigenvalue weighted by Gasteiger charge is 2.13. The number of hydrogen-bond donors (Lipinski definition) is 2. The Bertz CT molecular complexity index is 656. The first-order valence-corrected chi connectivity index (χ1v) is 6.89. The predicted octanol–water partition coefficient (Wildman–Crippen LogP) is 1.48. The van der Waals surface area contributed by atoms with Crippen molar-refractivity contribution in [3.8, 4) is 0 Å². The SMILES string of the molecule is Cc1ccc(NC(=O)C(=O)NCCCn2cccn2)cc1F. The van der Waals surface area contributed by atoms with E-state index in [1.165, 1.54) is 12.1 Å². The number of halogens is 1. The molecule has 22 heavy (non-hydrogen) atoms. The highest BCUT2D eigenvalue weighted by Crippen LogP contribution is 2.13. The molecule has 0 aliphatic carbocycles. The zero-order chi connectivity index (χ0) is 15.9. The second-order valence-corrected chi connectivity index (χ2v) is 4.80. The van der Waals surface area contributed by atoms with E-state index >= 15 is 0 Å². The molecule has 0 saturated carbocycles. The summed E-state index contributed by atoms with van der Waals surface area (Å²) >= 11 is 0. The second-order valence-electron chi connectivity index (χ2n) is 4.80. The van der Waals surface area contributed by atoms with E-state index in [4.69, 9.17) is 0 Å². The van der Waals surface area contributed by atoms with Gasteiger partial charge in [-0.3, -0.25) is 14.3 Å². The zero-order valence-corrected chi connectivity index (χ0v) is 12.2. The Labute approximate surface area is 127 Å². The molecule has 2 aromatic rings. The van der Waals surface area contributed by atoms with E-state index in [-0.39, 0.29) is 5.69 Å². The number of rotatable bonds is 5. The van der Waals surface area contributed by atoms with E-state index in [2.05, 4.69) is 15.7 Å². The molecule has 7 heteroatoms. The van der Waals surface area contributed by atoms with Crippen molar-refractivity contribution in [2.24, 2.45) is 0 Å².